The van der Waals surface area contributed by atoms with E-state index in [-0.39, 0.29) is 0 Å². The van der Waals surface area contributed by atoms with Crippen molar-refractivity contribution in [1.29, 1.82) is 0 Å². The van der Waals surface area contributed by atoms with Crippen molar-refractivity contribution in [3.8, 4) is 5.88 Å². The lowest BCUT2D eigenvalue weighted by molar-refractivity contribution is 0.397. The van der Waals surface area contributed by atoms with Crippen molar-refractivity contribution < 1.29 is 4.74 Å². The third-order valence-electron chi connectivity index (χ3n) is 3.78. The van der Waals surface area contributed by atoms with Crippen LogP contribution in [-0.2, 0) is 6.54 Å². The van der Waals surface area contributed by atoms with Gasteiger partial charge in [-0.15, -0.1) is 0 Å². The first-order valence-corrected chi connectivity index (χ1v) is 7.14. The average molecular weight is 268 g/mol. The molecule has 0 amide bonds. The van der Waals surface area contributed by atoms with E-state index >= 15 is 0 Å². The Kier molecular flexibility index (Phi) is 3.97. The molecule has 1 N–H and O–H groups in total. The van der Waals surface area contributed by atoms with Crippen LogP contribution < -0.4 is 10.1 Å². The predicted octanol–water partition coefficient (Wildman–Crippen LogP) is 3.33. The van der Waals surface area contributed by atoms with E-state index in [0.29, 0.717) is 11.9 Å². The van der Waals surface area contributed by atoms with Gasteiger partial charge in [0.05, 0.1) is 7.11 Å². The van der Waals surface area contributed by atoms with E-state index in [2.05, 4.69) is 46.7 Å². The fourth-order valence-corrected chi connectivity index (χ4v) is 2.51. The minimum atomic E-state index is 0.457. The summed E-state index contributed by atoms with van der Waals surface area (Å²) in [5.41, 5.74) is 2.57. The summed E-state index contributed by atoms with van der Waals surface area (Å²) in [4.78, 5) is 4.25. The molecule has 20 heavy (non-hydrogen) atoms. The number of aromatic nitrogens is 1. The zero-order valence-corrected chi connectivity index (χ0v) is 11.8. The van der Waals surface area contributed by atoms with Crippen LogP contribution in [0.4, 0.5) is 0 Å². The van der Waals surface area contributed by atoms with Crippen LogP contribution in [0, 0.1) is 5.92 Å². The van der Waals surface area contributed by atoms with Gasteiger partial charge in [-0.1, -0.05) is 36.4 Å². The maximum Gasteiger partial charge on any atom is 0.212 e. The lowest BCUT2D eigenvalue weighted by Gasteiger charge is -2.18. The summed E-state index contributed by atoms with van der Waals surface area (Å²) in [5.74, 6) is 1.44. The molecule has 104 valence electrons. The minimum absolute atomic E-state index is 0.457. The summed E-state index contributed by atoms with van der Waals surface area (Å²) in [7, 11) is 1.64. The van der Waals surface area contributed by atoms with Gasteiger partial charge in [-0.25, -0.2) is 4.98 Å². The monoisotopic (exact) mass is 268 g/mol. The highest BCUT2D eigenvalue weighted by Gasteiger charge is 2.31. The van der Waals surface area contributed by atoms with Gasteiger partial charge < -0.3 is 10.1 Å². The van der Waals surface area contributed by atoms with Gasteiger partial charge in [-0.05, 0) is 29.9 Å². The predicted molar refractivity (Wildman–Crippen MR) is 79.5 cm³/mol. The highest BCUT2D eigenvalue weighted by atomic mass is 16.5. The second-order valence-electron chi connectivity index (χ2n) is 5.32. The molecule has 2 aromatic rings. The van der Waals surface area contributed by atoms with Crippen LogP contribution in [0.1, 0.15) is 30.0 Å². The molecule has 1 atom stereocenters. The maximum absolute atomic E-state index is 5.08. The molecule has 0 radical (unpaired) electrons. The maximum atomic E-state index is 5.08. The van der Waals surface area contributed by atoms with Crippen molar-refractivity contribution in [2.45, 2.75) is 25.4 Å². The smallest absolute Gasteiger partial charge is 0.212 e. The molecular formula is C17H20N2O. The molecule has 1 aliphatic rings. The number of hydrogen-bond donors (Lipinski definition) is 1. The SMILES string of the molecule is COc1ccc(CNC(c2ccccc2)C2CC2)cn1. The zero-order valence-electron chi connectivity index (χ0n) is 11.8. The Balaban J connectivity index is 1.65. The largest absolute Gasteiger partial charge is 0.481 e. The molecule has 3 nitrogen and oxygen atoms in total. The highest BCUT2D eigenvalue weighted by molar-refractivity contribution is 5.22. The van der Waals surface area contributed by atoms with E-state index in [0.717, 1.165) is 12.5 Å². The summed E-state index contributed by atoms with van der Waals surface area (Å²) in [6.45, 7) is 0.840. The van der Waals surface area contributed by atoms with E-state index in [1.807, 2.05) is 12.3 Å². The Morgan fingerprint density at radius 3 is 2.60 bits per heavy atom. The second-order valence-corrected chi connectivity index (χ2v) is 5.32. The van der Waals surface area contributed by atoms with Crippen molar-refractivity contribution in [2.24, 2.45) is 5.92 Å². The third-order valence-corrected chi connectivity index (χ3v) is 3.78. The molecule has 1 aromatic heterocycles. The van der Waals surface area contributed by atoms with Crippen molar-refractivity contribution in [1.82, 2.24) is 10.3 Å². The number of benzene rings is 1. The van der Waals surface area contributed by atoms with E-state index in [4.69, 9.17) is 4.74 Å². The topological polar surface area (TPSA) is 34.1 Å². The van der Waals surface area contributed by atoms with Gasteiger partial charge in [0.15, 0.2) is 0 Å². The molecule has 1 fully saturated rings. The van der Waals surface area contributed by atoms with Gasteiger partial charge in [0, 0.05) is 24.8 Å². The molecule has 1 unspecified atom stereocenters. The quantitative estimate of drug-likeness (QED) is 0.872. The third kappa shape index (κ3) is 3.17. The number of nitrogens with zero attached hydrogens (tertiary/aromatic N) is 1. The van der Waals surface area contributed by atoms with Crippen LogP contribution in [0.15, 0.2) is 48.7 Å². The van der Waals surface area contributed by atoms with Crippen molar-refractivity contribution in [3.63, 3.8) is 0 Å². The number of rotatable bonds is 6. The molecule has 3 heteroatoms. The van der Waals surface area contributed by atoms with Gasteiger partial charge >= 0.3 is 0 Å². The lowest BCUT2D eigenvalue weighted by Crippen LogP contribution is -2.22. The summed E-state index contributed by atoms with van der Waals surface area (Å²) in [6, 6.07) is 15.1. The van der Waals surface area contributed by atoms with Gasteiger partial charge in [-0.2, -0.15) is 0 Å². The molecular weight excluding hydrogens is 248 g/mol. The van der Waals surface area contributed by atoms with E-state index in [9.17, 15) is 0 Å². The molecule has 1 aliphatic carbocycles. The second kappa shape index (κ2) is 6.06. The average Bonchev–Trinajstić information content (AvgIpc) is 3.34. The molecule has 0 saturated heterocycles. The molecule has 1 heterocycles. The van der Waals surface area contributed by atoms with Crippen LogP contribution in [0.3, 0.4) is 0 Å². The molecule has 0 spiro atoms. The Hall–Kier alpha value is -1.87. The summed E-state index contributed by atoms with van der Waals surface area (Å²) in [6.07, 6.45) is 4.53. The zero-order chi connectivity index (χ0) is 13.8. The molecule has 3 rings (SSSR count). The molecule has 1 aromatic carbocycles. The van der Waals surface area contributed by atoms with Crippen LogP contribution in [0.5, 0.6) is 5.88 Å². The highest BCUT2D eigenvalue weighted by Crippen LogP contribution is 2.41. The fourth-order valence-electron chi connectivity index (χ4n) is 2.51. The van der Waals surface area contributed by atoms with Gasteiger partial charge in [0.1, 0.15) is 0 Å². The normalized spacial score (nSPS) is 15.8. The Bertz CT molecular complexity index is 535. The Morgan fingerprint density at radius 1 is 1.20 bits per heavy atom. The van der Waals surface area contributed by atoms with Crippen LogP contribution in [0.2, 0.25) is 0 Å². The number of methoxy groups -OCH3 is 1. The molecule has 1 saturated carbocycles. The van der Waals surface area contributed by atoms with Crippen LogP contribution in [0.25, 0.3) is 0 Å². The molecule has 0 aliphatic heterocycles. The first-order valence-electron chi connectivity index (χ1n) is 7.14. The summed E-state index contributed by atoms with van der Waals surface area (Å²) >= 11 is 0. The van der Waals surface area contributed by atoms with Gasteiger partial charge in [0.25, 0.3) is 0 Å². The van der Waals surface area contributed by atoms with Crippen LogP contribution >= 0.6 is 0 Å². The van der Waals surface area contributed by atoms with Gasteiger partial charge in [0.2, 0.25) is 5.88 Å². The Morgan fingerprint density at radius 2 is 2.00 bits per heavy atom. The summed E-state index contributed by atoms with van der Waals surface area (Å²) in [5, 5.41) is 3.67. The first kappa shape index (κ1) is 13.1. The van der Waals surface area contributed by atoms with Crippen molar-refractivity contribution in [2.75, 3.05) is 7.11 Å². The fraction of sp³-hybridized carbons (Fsp3) is 0.353. The van der Waals surface area contributed by atoms with Gasteiger partial charge in [-0.3, -0.25) is 0 Å². The van der Waals surface area contributed by atoms with Crippen molar-refractivity contribution in [3.05, 3.63) is 59.8 Å². The number of pyridine rings is 1. The Labute approximate surface area is 120 Å². The van der Waals surface area contributed by atoms with E-state index in [1.54, 1.807) is 7.11 Å². The van der Waals surface area contributed by atoms with Crippen molar-refractivity contribution >= 4 is 0 Å². The summed E-state index contributed by atoms with van der Waals surface area (Å²) < 4.78 is 5.08. The molecule has 0 bridgehead atoms. The van der Waals surface area contributed by atoms with E-state index in [1.165, 1.54) is 24.0 Å². The number of nitrogens with one attached hydrogen (secondary N) is 1. The number of ether oxygens (including phenoxy) is 1. The van der Waals surface area contributed by atoms with Crippen LogP contribution in [-0.4, -0.2) is 12.1 Å². The standard InChI is InChI=1S/C17H20N2O/c1-20-16-10-7-13(11-18-16)12-19-17(15-8-9-15)14-5-3-2-4-6-14/h2-7,10-11,15,17,19H,8-9,12H2,1H3. The first-order chi connectivity index (χ1) is 9.86. The van der Waals surface area contributed by atoms with E-state index < -0.39 is 0 Å². The lowest BCUT2D eigenvalue weighted by atomic mass is 10.0. The minimum Gasteiger partial charge on any atom is -0.481 e. The number of hydrogen-bond acceptors (Lipinski definition) is 3.